The van der Waals surface area contributed by atoms with Crippen molar-refractivity contribution in [3.8, 4) is 0 Å². The predicted molar refractivity (Wildman–Crippen MR) is 75.4 cm³/mol. The van der Waals surface area contributed by atoms with Crippen LogP contribution in [-0.2, 0) is 16.6 Å². The van der Waals surface area contributed by atoms with Crippen LogP contribution in [0.4, 0.5) is 0 Å². The first-order valence-electron chi connectivity index (χ1n) is 5.79. The van der Waals surface area contributed by atoms with Gasteiger partial charge in [-0.05, 0) is 36.1 Å². The molecular formula is C13H15NO3S2. The number of hydrogen-bond acceptors (Lipinski definition) is 4. The molecule has 0 saturated heterocycles. The Bertz CT molecular complexity index is 634. The normalized spacial score (nSPS) is 13.4. The van der Waals surface area contributed by atoms with Crippen LogP contribution in [0.3, 0.4) is 0 Å². The first-order valence-corrected chi connectivity index (χ1v) is 8.15. The van der Waals surface area contributed by atoms with Crippen molar-refractivity contribution < 1.29 is 13.5 Å². The highest BCUT2D eigenvalue weighted by molar-refractivity contribution is 7.89. The Morgan fingerprint density at radius 2 is 2.11 bits per heavy atom. The van der Waals surface area contributed by atoms with Crippen molar-refractivity contribution in [1.29, 1.82) is 0 Å². The van der Waals surface area contributed by atoms with Gasteiger partial charge < -0.3 is 5.11 Å². The average Bonchev–Trinajstić information content (AvgIpc) is 2.90. The van der Waals surface area contributed by atoms with Crippen molar-refractivity contribution in [1.82, 2.24) is 4.72 Å². The molecule has 0 spiro atoms. The van der Waals surface area contributed by atoms with E-state index >= 15 is 0 Å². The number of benzene rings is 1. The minimum Gasteiger partial charge on any atom is -0.389 e. The average molecular weight is 297 g/mol. The molecule has 0 saturated carbocycles. The van der Waals surface area contributed by atoms with E-state index < -0.39 is 16.1 Å². The summed E-state index contributed by atoms with van der Waals surface area (Å²) in [6.07, 6.45) is -0.688. The minimum atomic E-state index is -3.55. The Morgan fingerprint density at radius 1 is 1.32 bits per heavy atom. The molecule has 2 rings (SSSR count). The Morgan fingerprint density at radius 3 is 2.74 bits per heavy atom. The third-order valence-electron chi connectivity index (χ3n) is 2.67. The molecule has 0 amide bonds. The first-order chi connectivity index (χ1) is 8.99. The van der Waals surface area contributed by atoms with Crippen molar-refractivity contribution in [3.05, 3.63) is 52.2 Å². The molecule has 19 heavy (non-hydrogen) atoms. The molecule has 0 radical (unpaired) electrons. The van der Waals surface area contributed by atoms with E-state index in [1.54, 1.807) is 19.1 Å². The van der Waals surface area contributed by atoms with Gasteiger partial charge in [0.05, 0.1) is 11.0 Å². The third kappa shape index (κ3) is 3.63. The fraction of sp³-hybridized carbons (Fsp3) is 0.231. The molecule has 6 heteroatoms. The highest BCUT2D eigenvalue weighted by Gasteiger charge is 2.15. The second kappa shape index (κ2) is 5.83. The lowest BCUT2D eigenvalue weighted by molar-refractivity contribution is 0.199. The topological polar surface area (TPSA) is 66.4 Å². The molecule has 0 aliphatic heterocycles. The maximum atomic E-state index is 12.1. The molecule has 0 fully saturated rings. The van der Waals surface area contributed by atoms with Crippen LogP contribution in [-0.4, -0.2) is 13.5 Å². The van der Waals surface area contributed by atoms with E-state index in [0.717, 1.165) is 4.88 Å². The lowest BCUT2D eigenvalue weighted by Gasteiger charge is -2.09. The second-order valence-corrected chi connectivity index (χ2v) is 6.95. The van der Waals surface area contributed by atoms with Gasteiger partial charge in [-0.3, -0.25) is 0 Å². The molecule has 1 heterocycles. The lowest BCUT2D eigenvalue weighted by Crippen LogP contribution is -2.22. The van der Waals surface area contributed by atoms with Crippen molar-refractivity contribution in [3.63, 3.8) is 0 Å². The molecule has 0 bridgehead atoms. The number of hydrogen-bond donors (Lipinski definition) is 2. The second-order valence-electron chi connectivity index (χ2n) is 4.15. The van der Waals surface area contributed by atoms with Gasteiger partial charge >= 0.3 is 0 Å². The summed E-state index contributed by atoms with van der Waals surface area (Å²) in [5.74, 6) is 0. The standard InChI is InChI=1S/C13H15NO3S2/c1-10(15)11-4-2-6-13(8-11)19(16,17)14-9-12-5-3-7-18-12/h2-8,10,14-15H,9H2,1H3. The van der Waals surface area contributed by atoms with E-state index in [1.807, 2.05) is 17.5 Å². The SMILES string of the molecule is CC(O)c1cccc(S(=O)(=O)NCc2cccs2)c1. The summed E-state index contributed by atoms with van der Waals surface area (Å²) in [6, 6.07) is 10.1. The van der Waals surface area contributed by atoms with E-state index in [4.69, 9.17) is 0 Å². The highest BCUT2D eigenvalue weighted by Crippen LogP contribution is 2.17. The molecule has 2 N–H and O–H groups in total. The molecule has 4 nitrogen and oxygen atoms in total. The van der Waals surface area contributed by atoms with E-state index in [9.17, 15) is 13.5 Å². The third-order valence-corrected chi connectivity index (χ3v) is 4.94. The van der Waals surface area contributed by atoms with Crippen molar-refractivity contribution in [2.45, 2.75) is 24.5 Å². The van der Waals surface area contributed by atoms with Crippen LogP contribution in [0, 0.1) is 0 Å². The van der Waals surface area contributed by atoms with Gasteiger partial charge in [0, 0.05) is 11.4 Å². The Hall–Kier alpha value is -1.21. The number of aliphatic hydroxyl groups is 1. The van der Waals surface area contributed by atoms with Gasteiger partial charge in [-0.1, -0.05) is 18.2 Å². The number of nitrogens with one attached hydrogen (secondary N) is 1. The predicted octanol–water partition coefficient (Wildman–Crippen LogP) is 2.28. The summed E-state index contributed by atoms with van der Waals surface area (Å²) >= 11 is 1.50. The lowest BCUT2D eigenvalue weighted by atomic mass is 10.1. The summed E-state index contributed by atoms with van der Waals surface area (Å²) in [4.78, 5) is 1.12. The van der Waals surface area contributed by atoms with E-state index in [1.165, 1.54) is 23.5 Å². The maximum absolute atomic E-state index is 12.1. The summed E-state index contributed by atoms with van der Waals surface area (Å²) in [7, 11) is -3.55. The number of rotatable bonds is 5. The number of thiophene rings is 1. The fourth-order valence-electron chi connectivity index (χ4n) is 1.60. The Kier molecular flexibility index (Phi) is 4.36. The van der Waals surface area contributed by atoms with Crippen molar-refractivity contribution >= 4 is 21.4 Å². The molecule has 102 valence electrons. The van der Waals surface area contributed by atoms with Gasteiger partial charge in [-0.15, -0.1) is 11.3 Å². The van der Waals surface area contributed by atoms with Crippen LogP contribution >= 0.6 is 11.3 Å². The molecule has 1 aromatic heterocycles. The van der Waals surface area contributed by atoms with Gasteiger partial charge in [-0.25, -0.2) is 13.1 Å². The molecule has 1 unspecified atom stereocenters. The largest absolute Gasteiger partial charge is 0.389 e. The van der Waals surface area contributed by atoms with E-state index in [0.29, 0.717) is 5.56 Å². The number of sulfonamides is 1. The molecule has 2 aromatic rings. The fourth-order valence-corrected chi connectivity index (χ4v) is 3.40. The van der Waals surface area contributed by atoms with Crippen molar-refractivity contribution in [2.75, 3.05) is 0 Å². The Labute approximate surface area is 116 Å². The van der Waals surface area contributed by atoms with Gasteiger partial charge in [0.25, 0.3) is 0 Å². The first kappa shape index (κ1) is 14.2. The minimum absolute atomic E-state index is 0.169. The van der Waals surface area contributed by atoms with Crippen LogP contribution in [0.2, 0.25) is 0 Å². The maximum Gasteiger partial charge on any atom is 0.240 e. The summed E-state index contributed by atoms with van der Waals surface area (Å²) in [5, 5.41) is 11.4. The molecular weight excluding hydrogens is 282 g/mol. The highest BCUT2D eigenvalue weighted by atomic mass is 32.2. The van der Waals surface area contributed by atoms with Crippen LogP contribution in [0.25, 0.3) is 0 Å². The summed E-state index contributed by atoms with van der Waals surface area (Å²) < 4.78 is 26.8. The molecule has 0 aliphatic rings. The zero-order chi connectivity index (χ0) is 13.9. The Balaban J connectivity index is 2.17. The van der Waals surface area contributed by atoms with Crippen LogP contribution in [0.1, 0.15) is 23.5 Å². The summed E-state index contributed by atoms with van der Waals surface area (Å²) in [5.41, 5.74) is 0.582. The molecule has 1 atom stereocenters. The summed E-state index contributed by atoms with van der Waals surface area (Å²) in [6.45, 7) is 1.88. The zero-order valence-corrected chi connectivity index (χ0v) is 12.0. The van der Waals surface area contributed by atoms with Gasteiger partial charge in [-0.2, -0.15) is 0 Å². The quantitative estimate of drug-likeness (QED) is 0.890. The molecule has 1 aromatic carbocycles. The van der Waals surface area contributed by atoms with E-state index in [-0.39, 0.29) is 11.4 Å². The monoisotopic (exact) mass is 297 g/mol. The van der Waals surface area contributed by atoms with Gasteiger partial charge in [0.1, 0.15) is 0 Å². The zero-order valence-electron chi connectivity index (χ0n) is 10.4. The van der Waals surface area contributed by atoms with Crippen LogP contribution in [0.5, 0.6) is 0 Å². The van der Waals surface area contributed by atoms with E-state index in [2.05, 4.69) is 4.72 Å². The van der Waals surface area contributed by atoms with Crippen molar-refractivity contribution in [2.24, 2.45) is 0 Å². The van der Waals surface area contributed by atoms with Gasteiger partial charge in [0.15, 0.2) is 0 Å². The smallest absolute Gasteiger partial charge is 0.240 e. The van der Waals surface area contributed by atoms with Crippen LogP contribution < -0.4 is 4.72 Å². The number of aliphatic hydroxyl groups excluding tert-OH is 1. The van der Waals surface area contributed by atoms with Gasteiger partial charge in [0.2, 0.25) is 10.0 Å². The molecule has 0 aliphatic carbocycles. The van der Waals surface area contributed by atoms with Crippen LogP contribution in [0.15, 0.2) is 46.7 Å².